The van der Waals surface area contributed by atoms with E-state index in [1.807, 2.05) is 12.1 Å². The van der Waals surface area contributed by atoms with E-state index in [-0.39, 0.29) is 0 Å². The van der Waals surface area contributed by atoms with Gasteiger partial charge in [-0.3, -0.25) is 0 Å². The highest BCUT2D eigenvalue weighted by Gasteiger charge is 2.20. The van der Waals surface area contributed by atoms with Gasteiger partial charge in [0, 0.05) is 33.9 Å². The quantitative estimate of drug-likeness (QED) is 0.145. The second-order valence-electron chi connectivity index (χ2n) is 15.7. The molecule has 0 saturated carbocycles. The molecule has 0 bridgehead atoms. The van der Waals surface area contributed by atoms with Crippen LogP contribution in [0.2, 0.25) is 0 Å². The van der Waals surface area contributed by atoms with Crippen LogP contribution in [0, 0.1) is 0 Å². The Labute approximate surface area is 362 Å². The molecule has 0 aliphatic carbocycles. The molecule has 0 atom stereocenters. The minimum atomic E-state index is 0.861. The molecule has 0 N–H and O–H groups in total. The van der Waals surface area contributed by atoms with Crippen LogP contribution in [0.15, 0.2) is 253 Å². The van der Waals surface area contributed by atoms with Crippen molar-refractivity contribution in [3.8, 4) is 66.8 Å². The summed E-state index contributed by atoms with van der Waals surface area (Å²) in [6, 6.07) is 89.0. The normalized spacial score (nSPS) is 11.2. The number of para-hydroxylation sites is 1. The van der Waals surface area contributed by atoms with Gasteiger partial charge in [-0.25, -0.2) is 0 Å². The second kappa shape index (κ2) is 16.1. The second-order valence-corrected chi connectivity index (χ2v) is 15.7. The van der Waals surface area contributed by atoms with Crippen LogP contribution in [0.5, 0.6) is 0 Å². The molecule has 292 valence electrons. The molecule has 1 heterocycles. The molecule has 2 nitrogen and oxygen atoms in total. The molecule has 0 saturated heterocycles. The zero-order chi connectivity index (χ0) is 41.2. The van der Waals surface area contributed by atoms with Crippen LogP contribution >= 0.6 is 0 Å². The van der Waals surface area contributed by atoms with E-state index < -0.39 is 0 Å². The van der Waals surface area contributed by atoms with Crippen molar-refractivity contribution in [2.24, 2.45) is 0 Å². The molecule has 0 unspecified atom stereocenters. The van der Waals surface area contributed by atoms with E-state index in [2.05, 4.69) is 241 Å². The van der Waals surface area contributed by atoms with Crippen LogP contribution in [0.3, 0.4) is 0 Å². The maximum Gasteiger partial charge on any atom is 0.137 e. The van der Waals surface area contributed by atoms with Crippen LogP contribution in [-0.2, 0) is 0 Å². The Morgan fingerprint density at radius 1 is 0.242 bits per heavy atom. The fraction of sp³-hybridized carbons (Fsp3) is 0. The summed E-state index contributed by atoms with van der Waals surface area (Å²) in [5, 5.41) is 2.23. The van der Waals surface area contributed by atoms with Crippen LogP contribution in [0.25, 0.3) is 88.7 Å². The van der Waals surface area contributed by atoms with Crippen LogP contribution in [-0.4, -0.2) is 0 Å². The topological polar surface area (TPSA) is 16.4 Å². The molecule has 2 heteroatoms. The third-order valence-corrected chi connectivity index (χ3v) is 11.9. The van der Waals surface area contributed by atoms with Gasteiger partial charge < -0.3 is 9.32 Å². The Hall–Kier alpha value is -8.20. The lowest BCUT2D eigenvalue weighted by molar-refractivity contribution is 0.669. The van der Waals surface area contributed by atoms with Crippen molar-refractivity contribution >= 4 is 39.0 Å². The summed E-state index contributed by atoms with van der Waals surface area (Å²) < 4.78 is 6.43. The predicted molar refractivity (Wildman–Crippen MR) is 261 cm³/mol. The first-order valence-electron chi connectivity index (χ1n) is 21.2. The lowest BCUT2D eigenvalue weighted by Gasteiger charge is -2.26. The number of rotatable bonds is 9. The van der Waals surface area contributed by atoms with Crippen molar-refractivity contribution in [2.75, 3.05) is 4.90 Å². The zero-order valence-electron chi connectivity index (χ0n) is 34.0. The molecule has 0 amide bonds. The van der Waals surface area contributed by atoms with Crippen LogP contribution < -0.4 is 4.90 Å². The van der Waals surface area contributed by atoms with Gasteiger partial charge in [0.1, 0.15) is 11.2 Å². The van der Waals surface area contributed by atoms with E-state index in [0.29, 0.717) is 0 Å². The Bertz CT molecular complexity index is 3300. The Balaban J connectivity index is 1.02. The molecule has 0 aliphatic heterocycles. The molecule has 0 spiro atoms. The molecular formula is C60H41NO. The van der Waals surface area contributed by atoms with Gasteiger partial charge in [-0.2, -0.15) is 0 Å². The molecule has 0 fully saturated rings. The highest BCUT2D eigenvalue weighted by atomic mass is 16.3. The maximum atomic E-state index is 6.43. The summed E-state index contributed by atoms with van der Waals surface area (Å²) in [7, 11) is 0. The van der Waals surface area contributed by atoms with Gasteiger partial charge >= 0.3 is 0 Å². The first-order chi connectivity index (χ1) is 30.7. The molecule has 11 aromatic rings. The van der Waals surface area contributed by atoms with Gasteiger partial charge in [0.25, 0.3) is 0 Å². The third kappa shape index (κ3) is 6.94. The van der Waals surface area contributed by atoms with Gasteiger partial charge in [-0.1, -0.05) is 200 Å². The zero-order valence-corrected chi connectivity index (χ0v) is 34.0. The van der Waals surface area contributed by atoms with Gasteiger partial charge in [0.05, 0.1) is 0 Å². The van der Waals surface area contributed by atoms with Gasteiger partial charge in [-0.05, 0) is 109 Å². The summed E-state index contributed by atoms with van der Waals surface area (Å²) in [6.45, 7) is 0. The fourth-order valence-electron chi connectivity index (χ4n) is 8.89. The Morgan fingerprint density at radius 2 is 0.629 bits per heavy atom. The van der Waals surface area contributed by atoms with Crippen molar-refractivity contribution in [1.29, 1.82) is 0 Å². The third-order valence-electron chi connectivity index (χ3n) is 11.9. The van der Waals surface area contributed by atoms with E-state index in [4.69, 9.17) is 4.42 Å². The van der Waals surface area contributed by atoms with Crippen LogP contribution in [0.4, 0.5) is 17.1 Å². The number of hydrogen-bond acceptors (Lipinski definition) is 2. The van der Waals surface area contributed by atoms with E-state index in [0.717, 1.165) is 50.1 Å². The standard InChI is InChI=1S/C60H41NO/c1-4-15-42(16-5-1)43-27-29-44(30-28-43)45-31-35-49(36-32-45)61(51-39-40-56-55-22-12-13-26-58(55)62-59(56)41-51)50-37-33-48(34-38-50)54-25-14-24-53(47-19-8-3-9-20-47)60(54)57-23-11-10-21-52(57)46-17-6-2-7-18-46/h1-41H. The van der Waals surface area contributed by atoms with E-state index in [9.17, 15) is 0 Å². The monoisotopic (exact) mass is 791 g/mol. The number of anilines is 3. The summed E-state index contributed by atoms with van der Waals surface area (Å²) in [5.74, 6) is 0. The summed E-state index contributed by atoms with van der Waals surface area (Å²) in [4.78, 5) is 2.32. The largest absolute Gasteiger partial charge is 0.456 e. The average Bonchev–Trinajstić information content (AvgIpc) is 3.73. The van der Waals surface area contributed by atoms with Gasteiger partial charge in [0.15, 0.2) is 0 Å². The number of nitrogens with zero attached hydrogens (tertiary/aromatic N) is 1. The molecule has 1 aromatic heterocycles. The van der Waals surface area contributed by atoms with Gasteiger partial charge in [0.2, 0.25) is 0 Å². The summed E-state index contributed by atoms with van der Waals surface area (Å²) >= 11 is 0. The predicted octanol–water partition coefficient (Wildman–Crippen LogP) is 17.1. The molecule has 62 heavy (non-hydrogen) atoms. The number of furan rings is 1. The van der Waals surface area contributed by atoms with Crippen molar-refractivity contribution in [2.45, 2.75) is 0 Å². The SMILES string of the molecule is c1ccc(-c2ccc(-c3ccc(N(c4ccc(-c5cccc(-c6ccccc6)c5-c5ccccc5-c5ccccc5)cc4)c4ccc5c(c4)oc4ccccc45)cc3)cc2)cc1. The molecular weight excluding hydrogens is 751 g/mol. The summed E-state index contributed by atoms with van der Waals surface area (Å²) in [6.07, 6.45) is 0. The minimum Gasteiger partial charge on any atom is -0.456 e. The summed E-state index contributed by atoms with van der Waals surface area (Å²) in [5.41, 5.74) is 19.2. The first kappa shape index (κ1) is 36.8. The van der Waals surface area contributed by atoms with E-state index in [1.54, 1.807) is 0 Å². The molecule has 10 aromatic carbocycles. The van der Waals surface area contributed by atoms with Crippen molar-refractivity contribution in [3.63, 3.8) is 0 Å². The van der Waals surface area contributed by atoms with E-state index in [1.165, 1.54) is 55.6 Å². The van der Waals surface area contributed by atoms with Crippen molar-refractivity contribution < 1.29 is 4.42 Å². The molecule has 0 radical (unpaired) electrons. The number of benzene rings is 10. The van der Waals surface area contributed by atoms with Gasteiger partial charge in [-0.15, -0.1) is 0 Å². The highest BCUT2D eigenvalue weighted by molar-refractivity contribution is 6.06. The number of fused-ring (bicyclic) bond motifs is 3. The van der Waals surface area contributed by atoms with Crippen molar-refractivity contribution in [1.82, 2.24) is 0 Å². The smallest absolute Gasteiger partial charge is 0.137 e. The molecule has 11 rings (SSSR count). The number of hydrogen-bond donors (Lipinski definition) is 0. The van der Waals surface area contributed by atoms with Crippen molar-refractivity contribution in [3.05, 3.63) is 249 Å². The fourth-order valence-corrected chi connectivity index (χ4v) is 8.89. The van der Waals surface area contributed by atoms with Crippen LogP contribution in [0.1, 0.15) is 0 Å². The lowest BCUT2D eigenvalue weighted by atomic mass is 9.84. The van der Waals surface area contributed by atoms with E-state index >= 15 is 0 Å². The minimum absolute atomic E-state index is 0.861. The average molecular weight is 792 g/mol. The first-order valence-corrected chi connectivity index (χ1v) is 21.2. The maximum absolute atomic E-state index is 6.43. The highest BCUT2D eigenvalue weighted by Crippen LogP contribution is 2.45. The molecule has 0 aliphatic rings. The Morgan fingerprint density at radius 3 is 1.23 bits per heavy atom. The Kier molecular flexibility index (Phi) is 9.57. The lowest BCUT2D eigenvalue weighted by Crippen LogP contribution is -2.09.